The molecule has 0 heterocycles. The van der Waals surface area contributed by atoms with Crippen LogP contribution in [0.25, 0.3) is 0 Å². The van der Waals surface area contributed by atoms with Gasteiger partial charge in [-0.05, 0) is 12.8 Å². The van der Waals surface area contributed by atoms with E-state index in [1.807, 2.05) is 6.92 Å². The molecule has 162 valence electrons. The zero-order valence-electron chi connectivity index (χ0n) is 18.6. The van der Waals surface area contributed by atoms with Crippen LogP contribution in [0.15, 0.2) is 11.8 Å². The van der Waals surface area contributed by atoms with E-state index in [-0.39, 0.29) is 0 Å². The Morgan fingerprint density at radius 3 is 1.37 bits per heavy atom. The molecule has 0 spiro atoms. The summed E-state index contributed by atoms with van der Waals surface area (Å²) >= 11 is 3.48. The fourth-order valence-electron chi connectivity index (χ4n) is 2.94. The minimum Gasteiger partial charge on any atom is -0.477 e. The van der Waals surface area contributed by atoms with Crippen LogP contribution < -0.4 is 0 Å². The average molecular weight is 449 g/mol. The van der Waals surface area contributed by atoms with Crippen LogP contribution in [0.2, 0.25) is 0 Å². The molecule has 0 fully saturated rings. The van der Waals surface area contributed by atoms with Gasteiger partial charge in [-0.1, -0.05) is 119 Å². The molecule has 0 saturated heterocycles. The summed E-state index contributed by atoms with van der Waals surface area (Å²) in [6, 6.07) is 0. The van der Waals surface area contributed by atoms with E-state index in [2.05, 4.69) is 22.9 Å². The first kappa shape index (κ1) is 28.7. The highest BCUT2D eigenvalue weighted by molar-refractivity contribution is 9.09. The van der Waals surface area contributed by atoms with Crippen LogP contribution in [-0.2, 0) is 4.79 Å². The number of hydrogen-bond donors (Lipinski definition) is 1. The molecule has 27 heavy (non-hydrogen) atoms. The molecule has 4 heteroatoms. The number of allylic oxidation sites excluding steroid dienone is 1. The standard InChI is InChI=1S/C16H33Br.C7H13NO2/c1-2-3-4-5-6-7-8-9-10-11-12-13-14-15-16-17;1-4-5-6(7(9)10)8(2)3/h2-16H2,1H3;5H,4H2,1-3H3,(H,9,10)/b;6-5+. The molecule has 0 aromatic heterocycles. The number of unbranched alkanes of at least 4 members (excludes halogenated alkanes) is 13. The van der Waals surface area contributed by atoms with Gasteiger partial charge in [0.05, 0.1) is 0 Å². The molecule has 0 aliphatic heterocycles. The van der Waals surface area contributed by atoms with Crippen molar-refractivity contribution in [1.29, 1.82) is 0 Å². The summed E-state index contributed by atoms with van der Waals surface area (Å²) in [6.07, 6.45) is 22.7. The van der Waals surface area contributed by atoms with Gasteiger partial charge >= 0.3 is 5.97 Å². The van der Waals surface area contributed by atoms with Crippen molar-refractivity contribution in [1.82, 2.24) is 4.90 Å². The van der Waals surface area contributed by atoms with Crippen LogP contribution >= 0.6 is 15.9 Å². The van der Waals surface area contributed by atoms with E-state index in [1.165, 1.54) is 95.2 Å². The Hall–Kier alpha value is -0.510. The van der Waals surface area contributed by atoms with Crippen LogP contribution in [0, 0.1) is 0 Å². The maximum absolute atomic E-state index is 10.4. The fourth-order valence-corrected chi connectivity index (χ4v) is 3.34. The molecule has 0 amide bonds. The van der Waals surface area contributed by atoms with Crippen LogP contribution in [0.1, 0.15) is 110 Å². The largest absolute Gasteiger partial charge is 0.477 e. The Balaban J connectivity index is 0. The van der Waals surface area contributed by atoms with Gasteiger partial charge in [0.15, 0.2) is 0 Å². The molecule has 0 aliphatic carbocycles. The SMILES string of the molecule is CC/C=C(\C(=O)O)N(C)C.CCCCCCCCCCCCCCCCBr. The van der Waals surface area contributed by atoms with Crippen molar-refractivity contribution in [2.24, 2.45) is 0 Å². The zero-order valence-corrected chi connectivity index (χ0v) is 20.2. The first-order valence-electron chi connectivity index (χ1n) is 11.2. The van der Waals surface area contributed by atoms with Crippen molar-refractivity contribution >= 4 is 21.9 Å². The van der Waals surface area contributed by atoms with E-state index in [9.17, 15) is 4.79 Å². The second kappa shape index (κ2) is 23.5. The Morgan fingerprint density at radius 1 is 0.778 bits per heavy atom. The minimum atomic E-state index is -0.869. The molecule has 0 atom stereocenters. The van der Waals surface area contributed by atoms with Gasteiger partial charge in [0.2, 0.25) is 0 Å². The van der Waals surface area contributed by atoms with E-state index >= 15 is 0 Å². The average Bonchev–Trinajstić information content (AvgIpc) is 2.63. The Morgan fingerprint density at radius 2 is 1.15 bits per heavy atom. The van der Waals surface area contributed by atoms with Crippen LogP contribution in [0.5, 0.6) is 0 Å². The van der Waals surface area contributed by atoms with E-state index in [0.29, 0.717) is 5.70 Å². The molecule has 0 rings (SSSR count). The van der Waals surface area contributed by atoms with E-state index in [0.717, 1.165) is 6.42 Å². The molecule has 1 N–H and O–H groups in total. The lowest BCUT2D eigenvalue weighted by molar-refractivity contribution is -0.134. The third-order valence-corrected chi connectivity index (χ3v) is 5.15. The summed E-state index contributed by atoms with van der Waals surface area (Å²) in [7, 11) is 3.44. The van der Waals surface area contributed by atoms with Crippen LogP contribution in [0.4, 0.5) is 0 Å². The highest BCUT2D eigenvalue weighted by Gasteiger charge is 2.06. The molecule has 0 saturated carbocycles. The molecule has 0 unspecified atom stereocenters. The van der Waals surface area contributed by atoms with Gasteiger partial charge in [-0.15, -0.1) is 0 Å². The van der Waals surface area contributed by atoms with Gasteiger partial charge in [-0.3, -0.25) is 0 Å². The quantitative estimate of drug-likeness (QED) is 0.140. The maximum Gasteiger partial charge on any atom is 0.351 e. The van der Waals surface area contributed by atoms with Crippen molar-refractivity contribution in [3.63, 3.8) is 0 Å². The van der Waals surface area contributed by atoms with Gasteiger partial charge < -0.3 is 10.0 Å². The molecule has 3 nitrogen and oxygen atoms in total. The summed E-state index contributed by atoms with van der Waals surface area (Å²) < 4.78 is 0. The summed E-state index contributed by atoms with van der Waals surface area (Å²) in [5, 5.41) is 9.75. The zero-order chi connectivity index (χ0) is 20.8. The molecule has 0 aliphatic rings. The van der Waals surface area contributed by atoms with Crippen LogP contribution in [0.3, 0.4) is 0 Å². The second-order valence-corrected chi connectivity index (χ2v) is 8.28. The molecule has 0 radical (unpaired) electrons. The Labute approximate surface area is 178 Å². The lowest BCUT2D eigenvalue weighted by Crippen LogP contribution is -2.18. The summed E-state index contributed by atoms with van der Waals surface area (Å²) in [5.41, 5.74) is 0.350. The van der Waals surface area contributed by atoms with Crippen molar-refractivity contribution in [2.75, 3.05) is 19.4 Å². The fraction of sp³-hybridized carbons (Fsp3) is 0.870. The number of carboxylic acids is 1. The first-order valence-corrected chi connectivity index (χ1v) is 12.3. The lowest BCUT2D eigenvalue weighted by atomic mass is 10.0. The summed E-state index contributed by atoms with van der Waals surface area (Å²) in [6.45, 7) is 4.20. The highest BCUT2D eigenvalue weighted by atomic mass is 79.9. The van der Waals surface area contributed by atoms with Crippen molar-refractivity contribution in [3.05, 3.63) is 11.8 Å². The second-order valence-electron chi connectivity index (χ2n) is 7.48. The minimum absolute atomic E-state index is 0.350. The monoisotopic (exact) mass is 447 g/mol. The predicted octanol–water partition coefficient (Wildman–Crippen LogP) is 7.79. The number of carbonyl (C=O) groups is 1. The molecule has 0 aromatic carbocycles. The topological polar surface area (TPSA) is 40.5 Å². The van der Waals surface area contributed by atoms with Gasteiger partial charge in [-0.2, -0.15) is 0 Å². The number of carboxylic acid groups (broad SMARTS) is 1. The van der Waals surface area contributed by atoms with Gasteiger partial charge in [-0.25, -0.2) is 4.79 Å². The number of alkyl halides is 1. The van der Waals surface area contributed by atoms with E-state index in [4.69, 9.17) is 5.11 Å². The third kappa shape index (κ3) is 23.5. The van der Waals surface area contributed by atoms with Gasteiger partial charge in [0.1, 0.15) is 5.70 Å². The van der Waals surface area contributed by atoms with Crippen molar-refractivity contribution in [3.8, 4) is 0 Å². The van der Waals surface area contributed by atoms with Crippen molar-refractivity contribution in [2.45, 2.75) is 110 Å². The van der Waals surface area contributed by atoms with Gasteiger partial charge in [0.25, 0.3) is 0 Å². The summed E-state index contributed by atoms with van der Waals surface area (Å²) in [5.74, 6) is -0.869. The predicted molar refractivity (Wildman–Crippen MR) is 124 cm³/mol. The number of rotatable bonds is 17. The normalized spacial score (nSPS) is 11.1. The highest BCUT2D eigenvalue weighted by Crippen LogP contribution is 2.13. The molecule has 0 bridgehead atoms. The lowest BCUT2D eigenvalue weighted by Gasteiger charge is -2.11. The number of aliphatic carboxylic acids is 1. The van der Waals surface area contributed by atoms with E-state index in [1.54, 1.807) is 25.1 Å². The smallest absolute Gasteiger partial charge is 0.351 e. The Bertz CT molecular complexity index is 329. The summed E-state index contributed by atoms with van der Waals surface area (Å²) in [4.78, 5) is 12.0. The van der Waals surface area contributed by atoms with Crippen LogP contribution in [-0.4, -0.2) is 35.4 Å². The number of hydrogen-bond acceptors (Lipinski definition) is 2. The maximum atomic E-state index is 10.4. The van der Waals surface area contributed by atoms with Gasteiger partial charge in [0, 0.05) is 19.4 Å². The number of halogens is 1. The first-order chi connectivity index (χ1) is 13.0. The molecule has 0 aromatic rings. The third-order valence-electron chi connectivity index (χ3n) is 4.59. The molecular formula is C23H46BrNO2. The number of nitrogens with zero attached hydrogens (tertiary/aromatic N) is 1. The van der Waals surface area contributed by atoms with Crippen molar-refractivity contribution < 1.29 is 9.90 Å². The molecular weight excluding hydrogens is 402 g/mol. The Kier molecular flexibility index (Phi) is 25.0. The van der Waals surface area contributed by atoms with E-state index < -0.39 is 5.97 Å². The number of likely N-dealkylation sites (N-methyl/N-ethyl adjacent to an activating group) is 1.